The summed E-state index contributed by atoms with van der Waals surface area (Å²) in [5.74, 6) is 0.823. The number of thiophene rings is 1. The Balaban J connectivity index is 1.63. The van der Waals surface area contributed by atoms with Crippen molar-refractivity contribution in [1.29, 1.82) is 0 Å². The number of amides is 1. The van der Waals surface area contributed by atoms with E-state index < -0.39 is 5.69 Å². The van der Waals surface area contributed by atoms with Gasteiger partial charge < -0.3 is 14.8 Å². The van der Waals surface area contributed by atoms with Gasteiger partial charge in [-0.3, -0.25) is 18.7 Å². The highest BCUT2D eigenvalue weighted by molar-refractivity contribution is 7.17. The summed E-state index contributed by atoms with van der Waals surface area (Å²) in [6.45, 7) is 2.72. The molecule has 0 atom stereocenters. The molecule has 8 nitrogen and oxygen atoms in total. The summed E-state index contributed by atoms with van der Waals surface area (Å²) in [7, 11) is 0. The molecule has 0 fully saturated rings. The smallest absolute Gasteiger partial charge is 0.331 e. The van der Waals surface area contributed by atoms with E-state index in [1.165, 1.54) is 15.9 Å². The molecule has 4 rings (SSSR count). The Labute approximate surface area is 157 Å². The van der Waals surface area contributed by atoms with Crippen molar-refractivity contribution in [3.63, 3.8) is 0 Å². The molecule has 0 bridgehead atoms. The topological polar surface area (TPSA) is 91.6 Å². The van der Waals surface area contributed by atoms with Gasteiger partial charge in [0.25, 0.3) is 5.56 Å². The molecular formula is C18H17N3O5S. The lowest BCUT2D eigenvalue weighted by Gasteiger charge is -2.19. The first-order chi connectivity index (χ1) is 13.1. The monoisotopic (exact) mass is 387 g/mol. The SMILES string of the molecule is CCn1c(=O)c2sccc2n(CC(=O)Nc2ccc3c(c2)OCCO3)c1=O. The number of hydrogen-bond donors (Lipinski definition) is 1. The number of ether oxygens (including phenoxy) is 2. The summed E-state index contributed by atoms with van der Waals surface area (Å²) in [6.07, 6.45) is 0. The van der Waals surface area contributed by atoms with Crippen molar-refractivity contribution in [2.24, 2.45) is 0 Å². The molecule has 0 spiro atoms. The minimum atomic E-state index is -0.495. The fourth-order valence-corrected chi connectivity index (χ4v) is 3.87. The van der Waals surface area contributed by atoms with Crippen molar-refractivity contribution in [1.82, 2.24) is 9.13 Å². The number of aromatic nitrogens is 2. The average molecular weight is 387 g/mol. The van der Waals surface area contributed by atoms with Crippen LogP contribution in [0.5, 0.6) is 11.5 Å². The number of carbonyl (C=O) groups is 1. The van der Waals surface area contributed by atoms with Gasteiger partial charge in [-0.05, 0) is 30.5 Å². The Morgan fingerprint density at radius 1 is 1.15 bits per heavy atom. The van der Waals surface area contributed by atoms with Crippen molar-refractivity contribution in [3.8, 4) is 11.5 Å². The molecule has 0 aliphatic carbocycles. The van der Waals surface area contributed by atoms with Crippen molar-refractivity contribution in [2.75, 3.05) is 18.5 Å². The number of carbonyl (C=O) groups excluding carboxylic acids is 1. The molecular weight excluding hydrogens is 370 g/mol. The van der Waals surface area contributed by atoms with E-state index in [1.54, 1.807) is 36.6 Å². The zero-order valence-electron chi connectivity index (χ0n) is 14.6. The Kier molecular flexibility index (Phi) is 4.44. The van der Waals surface area contributed by atoms with Crippen molar-refractivity contribution < 1.29 is 14.3 Å². The molecule has 3 heterocycles. The van der Waals surface area contributed by atoms with E-state index in [9.17, 15) is 14.4 Å². The lowest BCUT2D eigenvalue weighted by Crippen LogP contribution is -2.40. The third kappa shape index (κ3) is 3.10. The average Bonchev–Trinajstić information content (AvgIpc) is 3.15. The molecule has 0 saturated heterocycles. The van der Waals surface area contributed by atoms with Crippen LogP contribution >= 0.6 is 11.3 Å². The van der Waals surface area contributed by atoms with Crippen LogP contribution in [0, 0.1) is 0 Å². The molecule has 1 aliphatic heterocycles. The van der Waals surface area contributed by atoms with Gasteiger partial charge in [-0.2, -0.15) is 0 Å². The Morgan fingerprint density at radius 3 is 2.70 bits per heavy atom. The van der Waals surface area contributed by atoms with Crippen LogP contribution < -0.4 is 26.0 Å². The van der Waals surface area contributed by atoms with Crippen LogP contribution in [0.1, 0.15) is 6.92 Å². The number of benzene rings is 1. The van der Waals surface area contributed by atoms with E-state index in [-0.39, 0.29) is 24.6 Å². The standard InChI is InChI=1S/C18H17N3O5S/c1-2-20-17(23)16-12(5-8-27-16)21(18(20)24)10-15(22)19-11-3-4-13-14(9-11)26-7-6-25-13/h3-5,8-9H,2,6-7,10H2,1H3,(H,19,22). The molecule has 140 valence electrons. The van der Waals surface area contributed by atoms with E-state index in [0.717, 1.165) is 4.57 Å². The van der Waals surface area contributed by atoms with Gasteiger partial charge in [0.2, 0.25) is 5.91 Å². The van der Waals surface area contributed by atoms with Gasteiger partial charge in [0.1, 0.15) is 24.5 Å². The van der Waals surface area contributed by atoms with E-state index in [0.29, 0.717) is 40.6 Å². The second kappa shape index (κ2) is 6.92. The summed E-state index contributed by atoms with van der Waals surface area (Å²) >= 11 is 1.26. The number of anilines is 1. The first-order valence-electron chi connectivity index (χ1n) is 8.49. The van der Waals surface area contributed by atoms with Crippen molar-refractivity contribution >= 4 is 33.1 Å². The van der Waals surface area contributed by atoms with Gasteiger partial charge >= 0.3 is 5.69 Å². The summed E-state index contributed by atoms with van der Waals surface area (Å²) in [5.41, 5.74) is 0.196. The number of rotatable bonds is 4. The van der Waals surface area contributed by atoms with E-state index in [4.69, 9.17) is 9.47 Å². The second-order valence-electron chi connectivity index (χ2n) is 5.96. The number of fused-ring (bicyclic) bond motifs is 2. The van der Waals surface area contributed by atoms with Crippen molar-refractivity contribution in [2.45, 2.75) is 20.0 Å². The van der Waals surface area contributed by atoms with Crippen LogP contribution in [0.25, 0.3) is 10.2 Å². The summed E-state index contributed by atoms with van der Waals surface area (Å²) in [6, 6.07) is 6.80. The zero-order valence-corrected chi connectivity index (χ0v) is 15.4. The molecule has 9 heteroatoms. The second-order valence-corrected chi connectivity index (χ2v) is 6.88. The van der Waals surface area contributed by atoms with Gasteiger partial charge in [-0.15, -0.1) is 11.3 Å². The van der Waals surface area contributed by atoms with Crippen LogP contribution in [0.15, 0.2) is 39.2 Å². The molecule has 2 aromatic heterocycles. The first-order valence-corrected chi connectivity index (χ1v) is 9.37. The molecule has 1 N–H and O–H groups in total. The van der Waals surface area contributed by atoms with E-state index in [1.807, 2.05) is 0 Å². The third-order valence-corrected chi connectivity index (χ3v) is 5.17. The number of hydrogen-bond acceptors (Lipinski definition) is 6. The summed E-state index contributed by atoms with van der Waals surface area (Å²) < 4.78 is 13.9. The molecule has 1 aromatic carbocycles. The van der Waals surface area contributed by atoms with Crippen LogP contribution in [0.4, 0.5) is 5.69 Å². The molecule has 0 unspecified atom stereocenters. The van der Waals surface area contributed by atoms with Gasteiger partial charge in [-0.1, -0.05) is 0 Å². The molecule has 1 amide bonds. The Hall–Kier alpha value is -3.07. The van der Waals surface area contributed by atoms with Gasteiger partial charge in [0.15, 0.2) is 11.5 Å². The van der Waals surface area contributed by atoms with Crippen LogP contribution in [0.3, 0.4) is 0 Å². The minimum Gasteiger partial charge on any atom is -0.486 e. The molecule has 3 aromatic rings. The highest BCUT2D eigenvalue weighted by atomic mass is 32.1. The predicted octanol–water partition coefficient (Wildman–Crippen LogP) is 1.65. The first kappa shape index (κ1) is 17.3. The fraction of sp³-hybridized carbons (Fsp3) is 0.278. The highest BCUT2D eigenvalue weighted by Crippen LogP contribution is 2.32. The zero-order chi connectivity index (χ0) is 19.0. The Morgan fingerprint density at radius 2 is 1.93 bits per heavy atom. The van der Waals surface area contributed by atoms with E-state index >= 15 is 0 Å². The molecule has 0 saturated carbocycles. The van der Waals surface area contributed by atoms with Crippen LogP contribution in [-0.4, -0.2) is 28.3 Å². The molecule has 0 radical (unpaired) electrons. The maximum Gasteiger partial charge on any atom is 0.331 e. The third-order valence-electron chi connectivity index (χ3n) is 4.28. The van der Waals surface area contributed by atoms with Gasteiger partial charge in [0.05, 0.1) is 5.52 Å². The maximum absolute atomic E-state index is 12.6. The largest absolute Gasteiger partial charge is 0.486 e. The summed E-state index contributed by atoms with van der Waals surface area (Å²) in [4.78, 5) is 37.5. The predicted molar refractivity (Wildman–Crippen MR) is 102 cm³/mol. The fourth-order valence-electron chi connectivity index (χ4n) is 3.03. The normalized spacial score (nSPS) is 12.9. The van der Waals surface area contributed by atoms with Gasteiger partial charge in [-0.25, -0.2) is 4.79 Å². The minimum absolute atomic E-state index is 0.194. The molecule has 27 heavy (non-hydrogen) atoms. The van der Waals surface area contributed by atoms with Crippen molar-refractivity contribution in [3.05, 3.63) is 50.5 Å². The lowest BCUT2D eigenvalue weighted by molar-refractivity contribution is -0.116. The highest BCUT2D eigenvalue weighted by Gasteiger charge is 2.17. The van der Waals surface area contributed by atoms with E-state index in [2.05, 4.69) is 5.32 Å². The van der Waals surface area contributed by atoms with Gasteiger partial charge in [0, 0.05) is 18.3 Å². The lowest BCUT2D eigenvalue weighted by atomic mass is 10.2. The van der Waals surface area contributed by atoms with Crippen LogP contribution in [0.2, 0.25) is 0 Å². The van der Waals surface area contributed by atoms with Crippen LogP contribution in [-0.2, 0) is 17.9 Å². The molecule has 1 aliphatic rings. The Bertz CT molecular complexity index is 1140. The maximum atomic E-state index is 12.6. The number of nitrogens with zero attached hydrogens (tertiary/aromatic N) is 2. The summed E-state index contributed by atoms with van der Waals surface area (Å²) in [5, 5.41) is 4.50. The quantitative estimate of drug-likeness (QED) is 0.735. The number of nitrogens with one attached hydrogen (secondary N) is 1.